The van der Waals surface area contributed by atoms with Gasteiger partial charge in [-0.05, 0) is 41.7 Å². The third-order valence-corrected chi connectivity index (χ3v) is 6.03. The van der Waals surface area contributed by atoms with Crippen LogP contribution in [0.4, 0.5) is 11.6 Å². The summed E-state index contributed by atoms with van der Waals surface area (Å²) in [6.45, 7) is 10.5. The second kappa shape index (κ2) is 9.93. The molecular weight excluding hydrogens is 411 g/mol. The summed E-state index contributed by atoms with van der Waals surface area (Å²) in [6, 6.07) is 17.2. The lowest BCUT2D eigenvalue weighted by Crippen LogP contribution is -2.23. The van der Waals surface area contributed by atoms with E-state index in [2.05, 4.69) is 103 Å². The SMILES string of the molecule is C=C(C)/C=C(\C=C/C)c1ccc(CNc2ncnc(N3Cc4ccccc4C3)c2P)cc1. The van der Waals surface area contributed by atoms with Gasteiger partial charge in [-0.1, -0.05) is 88.2 Å². The fourth-order valence-electron chi connectivity index (χ4n) is 3.94. The number of fused-ring (bicyclic) bond motifs is 1. The second-order valence-electron chi connectivity index (χ2n) is 8.08. The molecule has 1 aliphatic heterocycles. The topological polar surface area (TPSA) is 41.1 Å². The highest BCUT2D eigenvalue weighted by atomic mass is 31.0. The number of nitrogens with zero attached hydrogens (tertiary/aromatic N) is 3. The Kier molecular flexibility index (Phi) is 6.82. The van der Waals surface area contributed by atoms with Gasteiger partial charge in [0.05, 0.1) is 5.30 Å². The molecule has 32 heavy (non-hydrogen) atoms. The van der Waals surface area contributed by atoms with Gasteiger partial charge in [0.2, 0.25) is 0 Å². The van der Waals surface area contributed by atoms with Gasteiger partial charge in [0.15, 0.2) is 0 Å². The molecule has 0 bridgehead atoms. The zero-order chi connectivity index (χ0) is 22.5. The summed E-state index contributed by atoms with van der Waals surface area (Å²) in [4.78, 5) is 11.3. The van der Waals surface area contributed by atoms with E-state index in [4.69, 9.17) is 0 Å². The van der Waals surface area contributed by atoms with E-state index in [-0.39, 0.29) is 0 Å². The van der Waals surface area contributed by atoms with E-state index in [1.165, 1.54) is 27.8 Å². The minimum Gasteiger partial charge on any atom is -0.365 e. The Labute approximate surface area is 193 Å². The van der Waals surface area contributed by atoms with Gasteiger partial charge < -0.3 is 10.2 Å². The van der Waals surface area contributed by atoms with E-state index in [1.54, 1.807) is 6.33 Å². The number of hydrogen-bond donors (Lipinski definition) is 1. The van der Waals surface area contributed by atoms with Crippen molar-refractivity contribution in [1.29, 1.82) is 0 Å². The average molecular weight is 441 g/mol. The Morgan fingerprint density at radius 2 is 1.78 bits per heavy atom. The normalized spacial score (nSPS) is 13.5. The summed E-state index contributed by atoms with van der Waals surface area (Å²) in [7, 11) is 2.82. The highest BCUT2D eigenvalue weighted by Gasteiger charge is 2.22. The zero-order valence-corrected chi connectivity index (χ0v) is 19.8. The van der Waals surface area contributed by atoms with Crippen molar-refractivity contribution in [3.05, 3.63) is 107 Å². The molecule has 1 N–H and O–H groups in total. The third-order valence-electron chi connectivity index (χ3n) is 5.50. The molecule has 5 heteroatoms. The minimum absolute atomic E-state index is 0.696. The van der Waals surface area contributed by atoms with Crippen molar-refractivity contribution in [2.24, 2.45) is 0 Å². The van der Waals surface area contributed by atoms with Crippen LogP contribution in [0.15, 0.2) is 85.2 Å². The maximum atomic E-state index is 4.57. The number of hydrogen-bond acceptors (Lipinski definition) is 4. The smallest absolute Gasteiger partial charge is 0.141 e. The van der Waals surface area contributed by atoms with Crippen LogP contribution in [0, 0.1) is 0 Å². The van der Waals surface area contributed by atoms with Crippen LogP contribution in [-0.4, -0.2) is 9.97 Å². The highest BCUT2D eigenvalue weighted by molar-refractivity contribution is 7.28. The molecule has 4 rings (SSSR count). The summed E-state index contributed by atoms with van der Waals surface area (Å²) in [5.74, 6) is 1.80. The van der Waals surface area contributed by atoms with E-state index < -0.39 is 0 Å². The summed E-state index contributed by atoms with van der Waals surface area (Å²) >= 11 is 0. The minimum atomic E-state index is 0.696. The van der Waals surface area contributed by atoms with Gasteiger partial charge in [-0.3, -0.25) is 0 Å². The van der Waals surface area contributed by atoms with Crippen LogP contribution in [0.1, 0.15) is 36.1 Å². The molecule has 0 aliphatic carbocycles. The predicted octanol–water partition coefficient (Wildman–Crippen LogP) is 5.64. The average Bonchev–Trinajstić information content (AvgIpc) is 3.22. The quantitative estimate of drug-likeness (QED) is 0.381. The van der Waals surface area contributed by atoms with Gasteiger partial charge in [-0.15, -0.1) is 0 Å². The molecule has 0 spiro atoms. The zero-order valence-electron chi connectivity index (χ0n) is 18.7. The number of benzene rings is 2. The van der Waals surface area contributed by atoms with Gasteiger partial charge in [-0.2, -0.15) is 0 Å². The molecule has 0 radical (unpaired) electrons. The molecule has 0 fully saturated rings. The van der Waals surface area contributed by atoms with Crippen LogP contribution in [0.3, 0.4) is 0 Å². The lowest BCUT2D eigenvalue weighted by atomic mass is 10.0. The molecule has 2 heterocycles. The van der Waals surface area contributed by atoms with Crippen LogP contribution in [0.2, 0.25) is 0 Å². The monoisotopic (exact) mass is 440 g/mol. The van der Waals surface area contributed by atoms with Gasteiger partial charge in [0.25, 0.3) is 0 Å². The molecule has 4 nitrogen and oxygen atoms in total. The van der Waals surface area contributed by atoms with Crippen LogP contribution in [0.5, 0.6) is 0 Å². The van der Waals surface area contributed by atoms with Gasteiger partial charge in [-0.25, -0.2) is 9.97 Å². The maximum Gasteiger partial charge on any atom is 0.141 e. The number of aromatic nitrogens is 2. The Morgan fingerprint density at radius 3 is 2.41 bits per heavy atom. The first-order valence-electron chi connectivity index (χ1n) is 10.8. The molecule has 1 aliphatic rings. The van der Waals surface area contributed by atoms with Crippen molar-refractivity contribution in [1.82, 2.24) is 9.97 Å². The standard InChI is InChI=1S/C27H29N4P/c1-4-7-22(14-19(2)3)21-12-10-20(11-13-21)15-28-26-25(32)27(30-18-29-26)31-16-23-8-5-6-9-24(23)17-31/h4-14,18H,2,15-17,32H2,1,3H3,(H,28,29,30)/b7-4-,22-14+. The third kappa shape index (κ3) is 4.98. The van der Waals surface area contributed by atoms with E-state index in [1.807, 2.05) is 13.8 Å². The number of nitrogens with one attached hydrogen (secondary N) is 1. The molecule has 1 aromatic heterocycles. The summed E-state index contributed by atoms with van der Waals surface area (Å²) in [6.07, 6.45) is 7.91. The molecule has 1 atom stereocenters. The lowest BCUT2D eigenvalue weighted by Gasteiger charge is -2.20. The van der Waals surface area contributed by atoms with Crippen molar-refractivity contribution < 1.29 is 0 Å². The van der Waals surface area contributed by atoms with Crippen molar-refractivity contribution >= 4 is 31.8 Å². The van der Waals surface area contributed by atoms with Gasteiger partial charge >= 0.3 is 0 Å². The Bertz CT molecular complexity index is 1150. The fraction of sp³-hybridized carbons (Fsp3) is 0.185. The van der Waals surface area contributed by atoms with Crippen molar-refractivity contribution in [3.8, 4) is 0 Å². The summed E-state index contributed by atoms with van der Waals surface area (Å²) in [5.41, 5.74) is 7.31. The van der Waals surface area contributed by atoms with E-state index >= 15 is 0 Å². The first-order chi connectivity index (χ1) is 15.5. The van der Waals surface area contributed by atoms with Gasteiger partial charge in [0, 0.05) is 19.6 Å². The number of anilines is 2. The first-order valence-corrected chi connectivity index (χ1v) is 11.4. The van der Waals surface area contributed by atoms with Crippen LogP contribution >= 0.6 is 9.24 Å². The van der Waals surface area contributed by atoms with E-state index in [0.717, 1.165) is 35.6 Å². The van der Waals surface area contributed by atoms with Crippen LogP contribution in [0.25, 0.3) is 5.57 Å². The van der Waals surface area contributed by atoms with Gasteiger partial charge in [0.1, 0.15) is 18.0 Å². The predicted molar refractivity (Wildman–Crippen MR) is 139 cm³/mol. The van der Waals surface area contributed by atoms with Crippen molar-refractivity contribution in [2.75, 3.05) is 10.2 Å². The molecule has 0 saturated heterocycles. The summed E-state index contributed by atoms with van der Waals surface area (Å²) < 4.78 is 0. The molecule has 2 aromatic carbocycles. The van der Waals surface area contributed by atoms with Crippen LogP contribution in [-0.2, 0) is 19.6 Å². The number of rotatable bonds is 7. The van der Waals surface area contributed by atoms with Crippen LogP contribution < -0.4 is 15.5 Å². The molecule has 162 valence electrons. The molecule has 1 unspecified atom stereocenters. The Hall–Kier alpha value is -3.23. The largest absolute Gasteiger partial charge is 0.365 e. The molecular formula is C27H29N4P. The number of allylic oxidation sites excluding steroid dienone is 5. The van der Waals surface area contributed by atoms with E-state index in [0.29, 0.717) is 6.54 Å². The highest BCUT2D eigenvalue weighted by Crippen LogP contribution is 2.27. The molecule has 3 aromatic rings. The lowest BCUT2D eigenvalue weighted by molar-refractivity contribution is 0.856. The second-order valence-corrected chi connectivity index (χ2v) is 8.66. The van der Waals surface area contributed by atoms with Crippen molar-refractivity contribution in [2.45, 2.75) is 33.5 Å². The Balaban J connectivity index is 1.46. The molecule has 0 saturated carbocycles. The Morgan fingerprint density at radius 1 is 1.09 bits per heavy atom. The molecule has 0 amide bonds. The fourth-order valence-corrected chi connectivity index (χ4v) is 4.37. The van der Waals surface area contributed by atoms with E-state index in [9.17, 15) is 0 Å². The maximum absolute atomic E-state index is 4.57. The summed E-state index contributed by atoms with van der Waals surface area (Å²) in [5, 5.41) is 4.48. The first kappa shape index (κ1) is 22.0. The van der Waals surface area contributed by atoms with Crippen molar-refractivity contribution in [3.63, 3.8) is 0 Å².